The standard InChI is InChI=1S/C14H19N3OS/c1-4-15-10(2)12-6-5-7-13(8-12)19-9-14-16-11(3)17-18-14/h5-8,10,15H,4,9H2,1-3H3. The predicted octanol–water partition coefficient (Wildman–Crippen LogP) is 3.34. The molecule has 0 aliphatic carbocycles. The van der Waals surface area contributed by atoms with Gasteiger partial charge in [0.05, 0.1) is 5.75 Å². The molecule has 0 saturated carbocycles. The summed E-state index contributed by atoms with van der Waals surface area (Å²) in [6, 6.07) is 8.92. The third-order valence-electron chi connectivity index (χ3n) is 2.80. The summed E-state index contributed by atoms with van der Waals surface area (Å²) in [6.45, 7) is 7.10. The highest BCUT2D eigenvalue weighted by Crippen LogP contribution is 2.25. The van der Waals surface area contributed by atoms with Crippen molar-refractivity contribution in [3.05, 3.63) is 41.5 Å². The van der Waals surface area contributed by atoms with Crippen molar-refractivity contribution >= 4 is 11.8 Å². The van der Waals surface area contributed by atoms with Gasteiger partial charge in [0.15, 0.2) is 5.82 Å². The minimum Gasteiger partial charge on any atom is -0.338 e. The minimum atomic E-state index is 0.371. The van der Waals surface area contributed by atoms with Crippen molar-refractivity contribution in [1.29, 1.82) is 0 Å². The second-order valence-electron chi connectivity index (χ2n) is 4.38. The maximum atomic E-state index is 5.11. The molecule has 0 amide bonds. The number of nitrogens with zero attached hydrogens (tertiary/aromatic N) is 2. The molecule has 1 unspecified atom stereocenters. The normalized spacial score (nSPS) is 12.6. The average Bonchev–Trinajstić information content (AvgIpc) is 2.83. The second kappa shape index (κ2) is 6.73. The molecule has 1 atom stereocenters. The fourth-order valence-corrected chi connectivity index (χ4v) is 2.64. The number of nitrogens with one attached hydrogen (secondary N) is 1. The number of hydrogen-bond acceptors (Lipinski definition) is 5. The van der Waals surface area contributed by atoms with E-state index in [1.807, 2.05) is 6.92 Å². The molecule has 2 rings (SSSR count). The molecule has 0 aliphatic rings. The predicted molar refractivity (Wildman–Crippen MR) is 77.1 cm³/mol. The van der Waals surface area contributed by atoms with Crippen LogP contribution in [0.3, 0.4) is 0 Å². The molecule has 0 fully saturated rings. The van der Waals surface area contributed by atoms with Gasteiger partial charge in [-0.1, -0.05) is 24.2 Å². The van der Waals surface area contributed by atoms with E-state index in [0.717, 1.165) is 6.54 Å². The van der Waals surface area contributed by atoms with Gasteiger partial charge in [-0.2, -0.15) is 4.98 Å². The Bertz CT molecular complexity index is 527. The lowest BCUT2D eigenvalue weighted by molar-refractivity contribution is 0.387. The third kappa shape index (κ3) is 4.08. The summed E-state index contributed by atoms with van der Waals surface area (Å²) in [7, 11) is 0. The molecule has 0 bridgehead atoms. The van der Waals surface area contributed by atoms with E-state index >= 15 is 0 Å². The summed E-state index contributed by atoms with van der Waals surface area (Å²) < 4.78 is 5.11. The SMILES string of the molecule is CCNC(C)c1cccc(SCc2nc(C)no2)c1. The van der Waals surface area contributed by atoms with Crippen molar-refractivity contribution < 1.29 is 4.52 Å². The van der Waals surface area contributed by atoms with E-state index in [-0.39, 0.29) is 0 Å². The molecule has 19 heavy (non-hydrogen) atoms. The first-order valence-electron chi connectivity index (χ1n) is 6.44. The topological polar surface area (TPSA) is 51.0 Å². The van der Waals surface area contributed by atoms with Crippen molar-refractivity contribution in [3.8, 4) is 0 Å². The van der Waals surface area contributed by atoms with E-state index in [0.29, 0.717) is 23.5 Å². The van der Waals surface area contributed by atoms with E-state index in [1.165, 1.54) is 10.5 Å². The number of benzene rings is 1. The fraction of sp³-hybridized carbons (Fsp3) is 0.429. The Morgan fingerprint density at radius 2 is 2.26 bits per heavy atom. The highest BCUT2D eigenvalue weighted by atomic mass is 32.2. The highest BCUT2D eigenvalue weighted by Gasteiger charge is 2.07. The molecule has 0 aliphatic heterocycles. The van der Waals surface area contributed by atoms with Crippen molar-refractivity contribution in [3.63, 3.8) is 0 Å². The molecule has 5 heteroatoms. The molecule has 0 spiro atoms. The first kappa shape index (κ1) is 14.1. The first-order chi connectivity index (χ1) is 9.19. The molecule has 4 nitrogen and oxygen atoms in total. The zero-order valence-corrected chi connectivity index (χ0v) is 12.3. The van der Waals surface area contributed by atoms with E-state index in [4.69, 9.17) is 4.52 Å². The summed E-state index contributed by atoms with van der Waals surface area (Å²) in [5.41, 5.74) is 1.30. The van der Waals surface area contributed by atoms with Gasteiger partial charge in [0, 0.05) is 10.9 Å². The Morgan fingerprint density at radius 3 is 2.95 bits per heavy atom. The Labute approximate surface area is 118 Å². The van der Waals surface area contributed by atoms with Gasteiger partial charge >= 0.3 is 0 Å². The summed E-state index contributed by atoms with van der Waals surface area (Å²) in [4.78, 5) is 5.42. The maximum absolute atomic E-state index is 5.11. The van der Waals surface area contributed by atoms with Gasteiger partial charge in [0.1, 0.15) is 0 Å². The van der Waals surface area contributed by atoms with Gasteiger partial charge in [0.2, 0.25) is 5.89 Å². The zero-order valence-electron chi connectivity index (χ0n) is 11.5. The quantitative estimate of drug-likeness (QED) is 0.821. The smallest absolute Gasteiger partial charge is 0.236 e. The van der Waals surface area contributed by atoms with Gasteiger partial charge < -0.3 is 9.84 Å². The molecule has 1 heterocycles. The Hall–Kier alpha value is -1.33. The fourth-order valence-electron chi connectivity index (χ4n) is 1.84. The Kier molecular flexibility index (Phi) is 4.99. The summed E-state index contributed by atoms with van der Waals surface area (Å²) in [5.74, 6) is 2.07. The van der Waals surface area contributed by atoms with Crippen molar-refractivity contribution in [2.75, 3.05) is 6.54 Å². The van der Waals surface area contributed by atoms with Crippen LogP contribution in [-0.2, 0) is 5.75 Å². The van der Waals surface area contributed by atoms with E-state index < -0.39 is 0 Å². The van der Waals surface area contributed by atoms with Crippen LogP contribution >= 0.6 is 11.8 Å². The number of aryl methyl sites for hydroxylation is 1. The monoisotopic (exact) mass is 277 g/mol. The number of thioether (sulfide) groups is 1. The molecule has 0 radical (unpaired) electrons. The Morgan fingerprint density at radius 1 is 1.42 bits per heavy atom. The molecule has 1 aromatic heterocycles. The summed E-state index contributed by atoms with van der Waals surface area (Å²) in [6.07, 6.45) is 0. The third-order valence-corrected chi connectivity index (χ3v) is 3.78. The number of aromatic nitrogens is 2. The molecular formula is C14H19N3OS. The maximum Gasteiger partial charge on any atom is 0.236 e. The van der Waals surface area contributed by atoms with Crippen molar-refractivity contribution in [1.82, 2.24) is 15.5 Å². The van der Waals surface area contributed by atoms with Crippen LogP contribution in [0.25, 0.3) is 0 Å². The van der Waals surface area contributed by atoms with E-state index in [1.54, 1.807) is 11.8 Å². The van der Waals surface area contributed by atoms with Crippen molar-refractivity contribution in [2.24, 2.45) is 0 Å². The Balaban J connectivity index is 1.98. The van der Waals surface area contributed by atoms with Gasteiger partial charge in [-0.05, 0) is 38.1 Å². The van der Waals surface area contributed by atoms with Crippen molar-refractivity contribution in [2.45, 2.75) is 37.5 Å². The van der Waals surface area contributed by atoms with Crippen LogP contribution in [0.15, 0.2) is 33.7 Å². The lowest BCUT2D eigenvalue weighted by Crippen LogP contribution is -2.17. The molecule has 102 valence electrons. The minimum absolute atomic E-state index is 0.371. The number of hydrogen-bond donors (Lipinski definition) is 1. The van der Waals surface area contributed by atoms with Crippen LogP contribution in [0.5, 0.6) is 0 Å². The van der Waals surface area contributed by atoms with E-state index in [2.05, 4.69) is 53.6 Å². The van der Waals surface area contributed by atoms with Gasteiger partial charge in [-0.3, -0.25) is 0 Å². The molecule has 0 saturated heterocycles. The highest BCUT2D eigenvalue weighted by molar-refractivity contribution is 7.98. The van der Waals surface area contributed by atoms with Gasteiger partial charge in [-0.25, -0.2) is 0 Å². The summed E-state index contributed by atoms with van der Waals surface area (Å²) in [5, 5.41) is 7.21. The lowest BCUT2D eigenvalue weighted by Gasteiger charge is -2.13. The largest absolute Gasteiger partial charge is 0.338 e. The van der Waals surface area contributed by atoms with Gasteiger partial charge in [-0.15, -0.1) is 11.8 Å². The van der Waals surface area contributed by atoms with Crippen LogP contribution in [0, 0.1) is 6.92 Å². The van der Waals surface area contributed by atoms with Gasteiger partial charge in [0.25, 0.3) is 0 Å². The second-order valence-corrected chi connectivity index (χ2v) is 5.42. The molecular weight excluding hydrogens is 258 g/mol. The number of rotatable bonds is 6. The van der Waals surface area contributed by atoms with Crippen LogP contribution in [0.1, 0.15) is 37.2 Å². The van der Waals surface area contributed by atoms with E-state index in [9.17, 15) is 0 Å². The first-order valence-corrected chi connectivity index (χ1v) is 7.43. The zero-order chi connectivity index (χ0) is 13.7. The van der Waals surface area contributed by atoms with Crippen LogP contribution in [0.4, 0.5) is 0 Å². The average molecular weight is 277 g/mol. The molecule has 1 aromatic carbocycles. The summed E-state index contributed by atoms with van der Waals surface area (Å²) >= 11 is 1.71. The van der Waals surface area contributed by atoms with Crippen LogP contribution in [0.2, 0.25) is 0 Å². The van der Waals surface area contributed by atoms with Crippen LogP contribution in [-0.4, -0.2) is 16.7 Å². The lowest BCUT2D eigenvalue weighted by atomic mass is 10.1. The molecule has 1 N–H and O–H groups in total. The molecule has 2 aromatic rings. The van der Waals surface area contributed by atoms with Crippen LogP contribution < -0.4 is 5.32 Å².